The number of methoxy groups -OCH3 is 1. The molecule has 0 aliphatic carbocycles. The summed E-state index contributed by atoms with van der Waals surface area (Å²) in [4.78, 5) is 22.5. The van der Waals surface area contributed by atoms with Crippen LogP contribution in [0.5, 0.6) is 0 Å². The molecule has 0 N–H and O–H groups in total. The van der Waals surface area contributed by atoms with Crippen LogP contribution >= 0.6 is 0 Å². The molecule has 0 radical (unpaired) electrons. The lowest BCUT2D eigenvalue weighted by molar-refractivity contribution is -0.148. The molecule has 0 spiro atoms. The van der Waals surface area contributed by atoms with E-state index in [1.807, 2.05) is 45.0 Å². The van der Waals surface area contributed by atoms with Gasteiger partial charge in [0.2, 0.25) is 0 Å². The van der Waals surface area contributed by atoms with Crippen molar-refractivity contribution in [2.24, 2.45) is 0 Å². The van der Waals surface area contributed by atoms with E-state index in [0.717, 1.165) is 11.1 Å². The van der Waals surface area contributed by atoms with Crippen LogP contribution in [0, 0.1) is 0 Å². The molecule has 1 aromatic carbocycles. The molecule has 4 heteroatoms. The Morgan fingerprint density at radius 3 is 1.71 bits per heavy atom. The van der Waals surface area contributed by atoms with Gasteiger partial charge in [-0.15, -0.1) is 0 Å². The van der Waals surface area contributed by atoms with Crippen molar-refractivity contribution < 1.29 is 19.1 Å². The first-order valence-electron chi connectivity index (χ1n) is 6.57. The first-order valence-corrected chi connectivity index (χ1v) is 6.57. The number of carbonyl (C=O) groups is 2. The summed E-state index contributed by atoms with van der Waals surface area (Å²) in [6.45, 7) is 5.46. The van der Waals surface area contributed by atoms with Crippen LogP contribution in [0.4, 0.5) is 0 Å². The Balaban J connectivity index is 2.64. The van der Waals surface area contributed by atoms with E-state index < -0.39 is 11.6 Å². The predicted molar refractivity (Wildman–Crippen MR) is 82.4 cm³/mol. The maximum atomic E-state index is 11.5. The second kappa shape index (κ2) is 7.43. The van der Waals surface area contributed by atoms with E-state index in [2.05, 4.69) is 4.74 Å². The molecule has 0 saturated heterocycles. The summed E-state index contributed by atoms with van der Waals surface area (Å²) in [5, 5.41) is 0. The molecule has 0 saturated carbocycles. The van der Waals surface area contributed by atoms with E-state index in [1.54, 1.807) is 12.2 Å². The van der Waals surface area contributed by atoms with Gasteiger partial charge in [0.15, 0.2) is 0 Å². The highest BCUT2D eigenvalue weighted by atomic mass is 16.6. The van der Waals surface area contributed by atoms with Gasteiger partial charge in [-0.3, -0.25) is 0 Å². The van der Waals surface area contributed by atoms with E-state index in [1.165, 1.54) is 19.3 Å². The number of esters is 2. The molecule has 112 valence electrons. The Hall–Kier alpha value is -2.36. The summed E-state index contributed by atoms with van der Waals surface area (Å²) in [5.74, 6) is -0.777. The number of hydrogen-bond acceptors (Lipinski definition) is 4. The average Bonchev–Trinajstić information content (AvgIpc) is 2.41. The van der Waals surface area contributed by atoms with Crippen LogP contribution < -0.4 is 0 Å². The van der Waals surface area contributed by atoms with Gasteiger partial charge in [-0.05, 0) is 44.1 Å². The summed E-state index contributed by atoms with van der Waals surface area (Å²) < 4.78 is 9.68. The molecule has 0 bridgehead atoms. The van der Waals surface area contributed by atoms with E-state index >= 15 is 0 Å². The van der Waals surface area contributed by atoms with Crippen molar-refractivity contribution in [1.29, 1.82) is 0 Å². The third kappa shape index (κ3) is 7.11. The third-order valence-electron chi connectivity index (χ3n) is 2.37. The van der Waals surface area contributed by atoms with E-state index in [-0.39, 0.29) is 5.97 Å². The number of ether oxygens (including phenoxy) is 2. The third-order valence-corrected chi connectivity index (χ3v) is 2.37. The van der Waals surface area contributed by atoms with Gasteiger partial charge in [-0.25, -0.2) is 9.59 Å². The van der Waals surface area contributed by atoms with E-state index in [0.29, 0.717) is 0 Å². The van der Waals surface area contributed by atoms with Crippen molar-refractivity contribution in [1.82, 2.24) is 0 Å². The van der Waals surface area contributed by atoms with Gasteiger partial charge in [0.05, 0.1) is 7.11 Å². The molecule has 4 nitrogen and oxygen atoms in total. The van der Waals surface area contributed by atoms with Crippen LogP contribution in [-0.4, -0.2) is 24.6 Å². The van der Waals surface area contributed by atoms with E-state index in [4.69, 9.17) is 4.74 Å². The second-order valence-electron chi connectivity index (χ2n) is 5.39. The van der Waals surface area contributed by atoms with Crippen molar-refractivity contribution in [3.05, 3.63) is 47.5 Å². The average molecular weight is 288 g/mol. The lowest BCUT2D eigenvalue weighted by atomic mass is 10.1. The molecule has 0 aliphatic heterocycles. The number of benzene rings is 1. The quantitative estimate of drug-likeness (QED) is 0.630. The molecule has 0 unspecified atom stereocenters. The minimum absolute atomic E-state index is 0.378. The lowest BCUT2D eigenvalue weighted by Crippen LogP contribution is -2.22. The van der Waals surface area contributed by atoms with Crippen LogP contribution in [-0.2, 0) is 19.1 Å². The molecule has 21 heavy (non-hydrogen) atoms. The Morgan fingerprint density at radius 1 is 0.905 bits per heavy atom. The minimum Gasteiger partial charge on any atom is -0.466 e. The standard InChI is InChI=1S/C17H20O4/c1-17(2,3)21-16(19)12-10-14-7-5-13(6-8-14)9-11-15(18)20-4/h5-12H,1-4H3/b11-9+,12-10+. The molecule has 0 fully saturated rings. The monoisotopic (exact) mass is 288 g/mol. The summed E-state index contributed by atoms with van der Waals surface area (Å²) in [6, 6.07) is 7.37. The number of hydrogen-bond donors (Lipinski definition) is 0. The van der Waals surface area contributed by atoms with Gasteiger partial charge >= 0.3 is 11.9 Å². The molecular weight excluding hydrogens is 268 g/mol. The molecule has 0 aliphatic rings. The van der Waals surface area contributed by atoms with Gasteiger partial charge in [0.25, 0.3) is 0 Å². The maximum absolute atomic E-state index is 11.5. The Labute approximate surface area is 125 Å². The van der Waals surface area contributed by atoms with Crippen molar-refractivity contribution in [2.45, 2.75) is 26.4 Å². The highest BCUT2D eigenvalue weighted by Gasteiger charge is 2.13. The van der Waals surface area contributed by atoms with Crippen LogP contribution in [0.3, 0.4) is 0 Å². The Morgan fingerprint density at radius 2 is 1.33 bits per heavy atom. The first-order chi connectivity index (χ1) is 9.80. The van der Waals surface area contributed by atoms with Crippen molar-refractivity contribution in [3.63, 3.8) is 0 Å². The first kappa shape index (κ1) is 16.7. The largest absolute Gasteiger partial charge is 0.466 e. The van der Waals surface area contributed by atoms with Gasteiger partial charge in [0, 0.05) is 12.2 Å². The topological polar surface area (TPSA) is 52.6 Å². The maximum Gasteiger partial charge on any atom is 0.331 e. The minimum atomic E-state index is -0.496. The fourth-order valence-corrected chi connectivity index (χ4v) is 1.45. The predicted octanol–water partition coefficient (Wildman–Crippen LogP) is 3.23. The van der Waals surface area contributed by atoms with Crippen LogP contribution in [0.25, 0.3) is 12.2 Å². The fourth-order valence-electron chi connectivity index (χ4n) is 1.45. The highest BCUT2D eigenvalue weighted by molar-refractivity contribution is 5.88. The fraction of sp³-hybridized carbons (Fsp3) is 0.294. The Kier molecular flexibility index (Phi) is 5.91. The van der Waals surface area contributed by atoms with Gasteiger partial charge < -0.3 is 9.47 Å². The van der Waals surface area contributed by atoms with Gasteiger partial charge in [0.1, 0.15) is 5.60 Å². The molecule has 0 aromatic heterocycles. The molecule has 0 heterocycles. The summed E-state index contributed by atoms with van der Waals surface area (Å²) >= 11 is 0. The van der Waals surface area contributed by atoms with Crippen molar-refractivity contribution in [3.8, 4) is 0 Å². The highest BCUT2D eigenvalue weighted by Crippen LogP contribution is 2.10. The number of rotatable bonds is 4. The van der Waals surface area contributed by atoms with Crippen LogP contribution in [0.15, 0.2) is 36.4 Å². The summed E-state index contributed by atoms with van der Waals surface area (Å²) in [7, 11) is 1.33. The van der Waals surface area contributed by atoms with Crippen molar-refractivity contribution >= 4 is 24.1 Å². The molecular formula is C17H20O4. The van der Waals surface area contributed by atoms with Crippen LogP contribution in [0.2, 0.25) is 0 Å². The molecule has 1 rings (SSSR count). The second-order valence-corrected chi connectivity index (χ2v) is 5.39. The number of carbonyl (C=O) groups excluding carboxylic acids is 2. The zero-order valence-electron chi connectivity index (χ0n) is 12.8. The zero-order valence-corrected chi connectivity index (χ0v) is 12.8. The van der Waals surface area contributed by atoms with Crippen molar-refractivity contribution in [2.75, 3.05) is 7.11 Å². The zero-order chi connectivity index (χ0) is 15.9. The normalized spacial score (nSPS) is 11.8. The lowest BCUT2D eigenvalue weighted by Gasteiger charge is -2.17. The summed E-state index contributed by atoms with van der Waals surface area (Å²) in [6.07, 6.45) is 6.09. The van der Waals surface area contributed by atoms with Gasteiger partial charge in [-0.2, -0.15) is 0 Å². The molecule has 0 amide bonds. The molecule has 1 aromatic rings. The summed E-state index contributed by atoms with van der Waals surface area (Å²) in [5.41, 5.74) is 1.25. The molecule has 0 atom stereocenters. The smallest absolute Gasteiger partial charge is 0.331 e. The SMILES string of the molecule is COC(=O)/C=C/c1ccc(/C=C/C(=O)OC(C)(C)C)cc1. The Bertz CT molecular complexity index is 545. The van der Waals surface area contributed by atoms with Crippen LogP contribution in [0.1, 0.15) is 31.9 Å². The van der Waals surface area contributed by atoms with E-state index in [9.17, 15) is 9.59 Å². The van der Waals surface area contributed by atoms with Gasteiger partial charge in [-0.1, -0.05) is 24.3 Å².